The standard InChI is InChI=1S/C5H3BrN4S/c6-3-1-8-10-2-7-9-5(11)4(3)10/h1-2H,(H,9,11). The van der Waals surface area contributed by atoms with Gasteiger partial charge in [-0.2, -0.15) is 10.2 Å². The molecule has 2 aromatic rings. The van der Waals surface area contributed by atoms with Crippen molar-refractivity contribution in [3.63, 3.8) is 0 Å². The van der Waals surface area contributed by atoms with Crippen LogP contribution >= 0.6 is 28.1 Å². The fourth-order valence-corrected chi connectivity index (χ4v) is 1.70. The Morgan fingerprint density at radius 2 is 2.45 bits per heavy atom. The highest BCUT2D eigenvalue weighted by Crippen LogP contribution is 2.15. The van der Waals surface area contributed by atoms with Gasteiger partial charge >= 0.3 is 0 Å². The van der Waals surface area contributed by atoms with E-state index in [9.17, 15) is 0 Å². The van der Waals surface area contributed by atoms with Crippen molar-refractivity contribution in [1.29, 1.82) is 0 Å². The van der Waals surface area contributed by atoms with Gasteiger partial charge in [0.1, 0.15) is 16.5 Å². The van der Waals surface area contributed by atoms with Gasteiger partial charge in [0.25, 0.3) is 0 Å². The Bertz CT molecular complexity index is 445. The summed E-state index contributed by atoms with van der Waals surface area (Å²) in [4.78, 5) is 0. The molecule has 2 rings (SSSR count). The van der Waals surface area contributed by atoms with E-state index in [0.717, 1.165) is 9.99 Å². The fourth-order valence-electron chi connectivity index (χ4n) is 0.836. The third-order valence-corrected chi connectivity index (χ3v) is 2.16. The van der Waals surface area contributed by atoms with E-state index in [1.807, 2.05) is 0 Å². The first-order chi connectivity index (χ1) is 5.29. The first kappa shape index (κ1) is 6.93. The highest BCUT2D eigenvalue weighted by atomic mass is 79.9. The van der Waals surface area contributed by atoms with Crippen molar-refractivity contribution in [1.82, 2.24) is 19.8 Å². The summed E-state index contributed by atoms with van der Waals surface area (Å²) >= 11 is 8.31. The number of hydrogen-bond acceptors (Lipinski definition) is 3. The van der Waals surface area contributed by atoms with Gasteiger partial charge in [-0.3, -0.25) is 5.10 Å². The van der Waals surface area contributed by atoms with E-state index >= 15 is 0 Å². The lowest BCUT2D eigenvalue weighted by Crippen LogP contribution is -1.91. The fraction of sp³-hybridized carbons (Fsp3) is 0. The van der Waals surface area contributed by atoms with Crippen LogP contribution in [0.1, 0.15) is 0 Å². The Morgan fingerprint density at radius 3 is 3.18 bits per heavy atom. The van der Waals surface area contributed by atoms with E-state index in [2.05, 4.69) is 31.2 Å². The predicted molar refractivity (Wildman–Crippen MR) is 45.9 cm³/mol. The maximum Gasteiger partial charge on any atom is 0.146 e. The second kappa shape index (κ2) is 2.38. The maximum absolute atomic E-state index is 4.99. The van der Waals surface area contributed by atoms with Crippen molar-refractivity contribution < 1.29 is 0 Å². The van der Waals surface area contributed by atoms with Crippen LogP contribution in [-0.2, 0) is 0 Å². The van der Waals surface area contributed by atoms with Gasteiger partial charge in [-0.1, -0.05) is 12.2 Å². The molecule has 0 aliphatic rings. The Hall–Kier alpha value is -0.750. The number of aromatic amines is 1. The van der Waals surface area contributed by atoms with Crippen LogP contribution in [0.2, 0.25) is 0 Å². The van der Waals surface area contributed by atoms with Gasteiger partial charge in [0.2, 0.25) is 0 Å². The smallest absolute Gasteiger partial charge is 0.146 e. The lowest BCUT2D eigenvalue weighted by molar-refractivity contribution is 0.857. The molecule has 11 heavy (non-hydrogen) atoms. The minimum atomic E-state index is 0.580. The number of rotatable bonds is 0. The van der Waals surface area contributed by atoms with E-state index in [0.29, 0.717) is 4.64 Å². The Morgan fingerprint density at radius 1 is 1.64 bits per heavy atom. The number of nitrogens with zero attached hydrogens (tertiary/aromatic N) is 3. The molecule has 0 unspecified atom stereocenters. The molecule has 0 aliphatic heterocycles. The molecule has 0 fully saturated rings. The highest BCUT2D eigenvalue weighted by molar-refractivity contribution is 9.10. The quantitative estimate of drug-likeness (QED) is 0.699. The van der Waals surface area contributed by atoms with Crippen molar-refractivity contribution in [2.24, 2.45) is 0 Å². The highest BCUT2D eigenvalue weighted by Gasteiger charge is 2.00. The van der Waals surface area contributed by atoms with Crippen molar-refractivity contribution in [2.75, 3.05) is 0 Å². The van der Waals surface area contributed by atoms with Crippen molar-refractivity contribution in [3.05, 3.63) is 21.6 Å². The molecule has 2 aromatic heterocycles. The van der Waals surface area contributed by atoms with E-state index in [-0.39, 0.29) is 0 Å². The SMILES string of the molecule is S=c1[nH]ncn2ncc(Br)c12. The van der Waals surface area contributed by atoms with E-state index < -0.39 is 0 Å². The van der Waals surface area contributed by atoms with Gasteiger partial charge in [0.15, 0.2) is 0 Å². The second-order valence-electron chi connectivity index (χ2n) is 1.97. The summed E-state index contributed by atoms with van der Waals surface area (Å²) in [5, 5.41) is 10.5. The molecule has 0 aliphatic carbocycles. The van der Waals surface area contributed by atoms with Crippen LogP contribution in [0.5, 0.6) is 0 Å². The Labute approximate surface area is 75.4 Å². The summed E-state index contributed by atoms with van der Waals surface area (Å²) < 4.78 is 3.07. The molecule has 0 atom stereocenters. The molecule has 6 heteroatoms. The molecule has 4 nitrogen and oxygen atoms in total. The van der Waals surface area contributed by atoms with Crippen LogP contribution in [0.25, 0.3) is 5.52 Å². The average molecular weight is 231 g/mol. The van der Waals surface area contributed by atoms with Gasteiger partial charge < -0.3 is 0 Å². The topological polar surface area (TPSA) is 46.0 Å². The molecule has 1 N–H and O–H groups in total. The van der Waals surface area contributed by atoms with Crippen LogP contribution in [0.4, 0.5) is 0 Å². The van der Waals surface area contributed by atoms with Crippen LogP contribution in [-0.4, -0.2) is 19.8 Å². The summed E-state index contributed by atoms with van der Waals surface area (Å²) in [6.45, 7) is 0. The lowest BCUT2D eigenvalue weighted by Gasteiger charge is -1.89. The monoisotopic (exact) mass is 230 g/mol. The molecule has 2 heterocycles. The van der Waals surface area contributed by atoms with Crippen LogP contribution in [0, 0.1) is 4.64 Å². The number of halogens is 1. The maximum atomic E-state index is 4.99. The summed E-state index contributed by atoms with van der Waals surface area (Å²) in [6, 6.07) is 0. The third kappa shape index (κ3) is 0.982. The van der Waals surface area contributed by atoms with Crippen LogP contribution < -0.4 is 0 Å². The number of nitrogens with one attached hydrogen (secondary N) is 1. The molecular formula is C5H3BrN4S. The van der Waals surface area contributed by atoms with Gasteiger partial charge in [0, 0.05) is 0 Å². The predicted octanol–water partition coefficient (Wildman–Crippen LogP) is 1.55. The molecule has 0 radical (unpaired) electrons. The van der Waals surface area contributed by atoms with Crippen LogP contribution in [0.3, 0.4) is 0 Å². The summed E-state index contributed by atoms with van der Waals surface area (Å²) in [5.41, 5.74) is 0.843. The van der Waals surface area contributed by atoms with Gasteiger partial charge in [-0.15, -0.1) is 0 Å². The third-order valence-electron chi connectivity index (χ3n) is 1.30. The number of aromatic nitrogens is 4. The first-order valence-corrected chi connectivity index (χ1v) is 4.05. The van der Waals surface area contributed by atoms with Crippen molar-refractivity contribution in [3.8, 4) is 0 Å². The summed E-state index contributed by atoms with van der Waals surface area (Å²) in [5.74, 6) is 0. The number of fused-ring (bicyclic) bond motifs is 1. The normalized spacial score (nSPS) is 10.6. The molecule has 0 saturated carbocycles. The Kier molecular flexibility index (Phi) is 1.50. The van der Waals surface area contributed by atoms with E-state index in [1.165, 1.54) is 0 Å². The zero-order valence-corrected chi connectivity index (χ0v) is 7.69. The zero-order valence-electron chi connectivity index (χ0n) is 5.28. The minimum absolute atomic E-state index is 0.580. The molecular weight excluding hydrogens is 228 g/mol. The molecule has 0 bridgehead atoms. The lowest BCUT2D eigenvalue weighted by atomic mass is 10.6. The van der Waals surface area contributed by atoms with Crippen molar-refractivity contribution >= 4 is 33.7 Å². The number of hydrogen-bond donors (Lipinski definition) is 1. The zero-order chi connectivity index (χ0) is 7.84. The largest absolute Gasteiger partial charge is 0.264 e. The van der Waals surface area contributed by atoms with Crippen LogP contribution in [0.15, 0.2) is 17.0 Å². The van der Waals surface area contributed by atoms with Gasteiger partial charge in [-0.25, -0.2) is 4.52 Å². The van der Waals surface area contributed by atoms with E-state index in [1.54, 1.807) is 17.0 Å². The average Bonchev–Trinajstić information content (AvgIpc) is 2.34. The molecule has 0 saturated heterocycles. The van der Waals surface area contributed by atoms with Crippen molar-refractivity contribution in [2.45, 2.75) is 0 Å². The van der Waals surface area contributed by atoms with Gasteiger partial charge in [0.05, 0.1) is 10.7 Å². The van der Waals surface area contributed by atoms with E-state index in [4.69, 9.17) is 12.2 Å². The molecule has 56 valence electrons. The molecule has 0 amide bonds. The number of H-pyrrole nitrogens is 1. The Balaban J connectivity index is 3.08. The van der Waals surface area contributed by atoms with Gasteiger partial charge in [-0.05, 0) is 15.9 Å². The molecule has 0 spiro atoms. The summed E-state index contributed by atoms with van der Waals surface area (Å²) in [6.07, 6.45) is 3.25. The molecule has 0 aromatic carbocycles. The first-order valence-electron chi connectivity index (χ1n) is 2.85. The summed E-state index contributed by atoms with van der Waals surface area (Å²) in [7, 11) is 0. The second-order valence-corrected chi connectivity index (χ2v) is 3.23. The minimum Gasteiger partial charge on any atom is -0.264 e.